The Morgan fingerprint density at radius 2 is 1.88 bits per heavy atom. The number of aryl methyl sites for hydroxylation is 1. The van der Waals surface area contributed by atoms with Crippen LogP contribution in [0, 0.1) is 6.92 Å². The fourth-order valence-corrected chi connectivity index (χ4v) is 3.40. The van der Waals surface area contributed by atoms with E-state index < -0.39 is 0 Å². The molecule has 1 fully saturated rings. The number of fused-ring (bicyclic) bond motifs is 1. The minimum absolute atomic E-state index is 0.102. The molecule has 3 aromatic rings. The molecule has 0 saturated carbocycles. The van der Waals surface area contributed by atoms with Crippen LogP contribution in [0.3, 0.4) is 0 Å². The van der Waals surface area contributed by atoms with Gasteiger partial charge in [0.15, 0.2) is 0 Å². The molecular weight excluding hydrogens is 348 g/mol. The van der Waals surface area contributed by atoms with Gasteiger partial charge in [0, 0.05) is 30.0 Å². The first-order valence-electron chi connectivity index (χ1n) is 8.59. The Kier molecular flexibility index (Phi) is 4.47. The average molecular weight is 367 g/mol. The molecule has 26 heavy (non-hydrogen) atoms. The predicted octanol–water partition coefficient (Wildman–Crippen LogP) is 3.44. The van der Waals surface area contributed by atoms with Crippen molar-refractivity contribution in [1.82, 2.24) is 14.9 Å². The third-order valence-corrected chi connectivity index (χ3v) is 4.93. The van der Waals surface area contributed by atoms with Crippen molar-refractivity contribution in [2.75, 3.05) is 24.5 Å². The van der Waals surface area contributed by atoms with Gasteiger partial charge in [0.05, 0.1) is 12.1 Å². The highest BCUT2D eigenvalue weighted by molar-refractivity contribution is 6.30. The highest BCUT2D eigenvalue weighted by Gasteiger charge is 2.26. The second-order valence-corrected chi connectivity index (χ2v) is 7.02. The highest BCUT2D eigenvalue weighted by atomic mass is 35.5. The number of piperazine rings is 1. The zero-order chi connectivity index (χ0) is 18.1. The Morgan fingerprint density at radius 1 is 1.08 bits per heavy atom. The summed E-state index contributed by atoms with van der Waals surface area (Å²) in [6.07, 6.45) is 1.57. The number of benzene rings is 2. The smallest absolute Gasteiger partial charge is 0.242 e. The van der Waals surface area contributed by atoms with Crippen molar-refractivity contribution >= 4 is 34.2 Å². The van der Waals surface area contributed by atoms with E-state index in [2.05, 4.69) is 16.0 Å². The van der Waals surface area contributed by atoms with Crippen LogP contribution in [0.1, 0.15) is 11.1 Å². The lowest BCUT2D eigenvalue weighted by molar-refractivity contribution is -0.131. The van der Waals surface area contributed by atoms with Crippen LogP contribution in [0.15, 0.2) is 48.8 Å². The SMILES string of the molecule is Cc1ccc2ncnc(N3CCN(Cc4ccc(Cl)cc4)C(=O)C3)c2c1. The van der Waals surface area contributed by atoms with Gasteiger partial charge in [0.1, 0.15) is 12.1 Å². The largest absolute Gasteiger partial charge is 0.345 e. The van der Waals surface area contributed by atoms with Crippen molar-refractivity contribution in [3.8, 4) is 0 Å². The van der Waals surface area contributed by atoms with Gasteiger partial charge < -0.3 is 9.80 Å². The van der Waals surface area contributed by atoms with Gasteiger partial charge in [0.25, 0.3) is 0 Å². The Hall–Kier alpha value is -2.66. The van der Waals surface area contributed by atoms with Crippen molar-refractivity contribution in [2.24, 2.45) is 0 Å². The normalized spacial score (nSPS) is 14.9. The Morgan fingerprint density at radius 3 is 2.65 bits per heavy atom. The molecule has 1 saturated heterocycles. The van der Waals surface area contributed by atoms with E-state index in [0.717, 1.165) is 34.4 Å². The fraction of sp³-hybridized carbons (Fsp3) is 0.250. The van der Waals surface area contributed by atoms with E-state index in [1.807, 2.05) is 53.1 Å². The third kappa shape index (κ3) is 3.35. The van der Waals surface area contributed by atoms with Crippen molar-refractivity contribution < 1.29 is 4.79 Å². The van der Waals surface area contributed by atoms with Gasteiger partial charge in [-0.1, -0.05) is 35.4 Å². The lowest BCUT2D eigenvalue weighted by Crippen LogP contribution is -2.50. The fourth-order valence-electron chi connectivity index (χ4n) is 3.28. The summed E-state index contributed by atoms with van der Waals surface area (Å²) in [5.41, 5.74) is 3.14. The molecule has 0 bridgehead atoms. The number of rotatable bonds is 3. The van der Waals surface area contributed by atoms with Gasteiger partial charge in [-0.05, 0) is 36.8 Å². The quantitative estimate of drug-likeness (QED) is 0.712. The number of carbonyl (C=O) groups is 1. The molecule has 2 aromatic carbocycles. The van der Waals surface area contributed by atoms with E-state index in [1.165, 1.54) is 0 Å². The van der Waals surface area contributed by atoms with Crippen LogP contribution in [-0.4, -0.2) is 40.4 Å². The lowest BCUT2D eigenvalue weighted by Gasteiger charge is -2.35. The van der Waals surface area contributed by atoms with Gasteiger partial charge in [-0.15, -0.1) is 0 Å². The van der Waals surface area contributed by atoms with E-state index in [0.29, 0.717) is 24.7 Å². The second-order valence-electron chi connectivity index (χ2n) is 6.58. The van der Waals surface area contributed by atoms with E-state index in [4.69, 9.17) is 11.6 Å². The van der Waals surface area contributed by atoms with E-state index in [1.54, 1.807) is 6.33 Å². The topological polar surface area (TPSA) is 49.3 Å². The molecule has 1 amide bonds. The molecule has 0 N–H and O–H groups in total. The summed E-state index contributed by atoms with van der Waals surface area (Å²) in [6, 6.07) is 13.7. The lowest BCUT2D eigenvalue weighted by atomic mass is 10.1. The summed E-state index contributed by atoms with van der Waals surface area (Å²) in [4.78, 5) is 25.4. The zero-order valence-electron chi connectivity index (χ0n) is 14.5. The van der Waals surface area contributed by atoms with Crippen LogP contribution >= 0.6 is 11.6 Å². The molecule has 4 rings (SSSR count). The Balaban J connectivity index is 1.53. The highest BCUT2D eigenvalue weighted by Crippen LogP contribution is 2.25. The molecule has 2 heterocycles. The van der Waals surface area contributed by atoms with Crippen LogP contribution in [0.4, 0.5) is 5.82 Å². The molecule has 5 nitrogen and oxygen atoms in total. The molecule has 132 valence electrons. The molecular formula is C20H19ClN4O. The zero-order valence-corrected chi connectivity index (χ0v) is 15.3. The van der Waals surface area contributed by atoms with Crippen LogP contribution in [0.25, 0.3) is 10.9 Å². The number of nitrogens with zero attached hydrogens (tertiary/aromatic N) is 4. The van der Waals surface area contributed by atoms with Crippen LogP contribution < -0.4 is 4.90 Å². The van der Waals surface area contributed by atoms with Crippen LogP contribution in [0.2, 0.25) is 5.02 Å². The molecule has 0 radical (unpaired) electrons. The molecule has 1 aromatic heterocycles. The molecule has 6 heteroatoms. The number of hydrogen-bond donors (Lipinski definition) is 0. The first-order chi connectivity index (χ1) is 12.6. The first kappa shape index (κ1) is 16.8. The van der Waals surface area contributed by atoms with Crippen molar-refractivity contribution in [3.63, 3.8) is 0 Å². The number of halogens is 1. The van der Waals surface area contributed by atoms with Gasteiger partial charge in [0.2, 0.25) is 5.91 Å². The first-order valence-corrected chi connectivity index (χ1v) is 8.96. The number of amides is 1. The van der Waals surface area contributed by atoms with E-state index in [-0.39, 0.29) is 5.91 Å². The summed E-state index contributed by atoms with van der Waals surface area (Å²) in [5.74, 6) is 0.934. The Labute approximate surface area is 157 Å². The molecule has 1 aliphatic heterocycles. The standard InChI is InChI=1S/C20H19ClN4O/c1-14-2-7-18-17(10-14)20(23-13-22-18)25-9-8-24(19(26)12-25)11-15-3-5-16(21)6-4-15/h2-7,10,13H,8-9,11-12H2,1H3. The van der Waals surface area contributed by atoms with Gasteiger partial charge in [-0.25, -0.2) is 9.97 Å². The molecule has 1 aliphatic rings. The van der Waals surface area contributed by atoms with E-state index >= 15 is 0 Å². The predicted molar refractivity (Wildman–Crippen MR) is 103 cm³/mol. The maximum absolute atomic E-state index is 12.7. The minimum atomic E-state index is 0.102. The molecule has 0 unspecified atom stereocenters. The molecule has 0 atom stereocenters. The summed E-state index contributed by atoms with van der Waals surface area (Å²) in [7, 11) is 0. The molecule has 0 aliphatic carbocycles. The summed E-state index contributed by atoms with van der Waals surface area (Å²) >= 11 is 5.93. The summed E-state index contributed by atoms with van der Waals surface area (Å²) in [6.45, 7) is 4.39. The van der Waals surface area contributed by atoms with Crippen molar-refractivity contribution in [2.45, 2.75) is 13.5 Å². The van der Waals surface area contributed by atoms with Crippen molar-refractivity contribution in [1.29, 1.82) is 0 Å². The maximum atomic E-state index is 12.7. The van der Waals surface area contributed by atoms with Gasteiger partial charge in [-0.2, -0.15) is 0 Å². The van der Waals surface area contributed by atoms with Crippen LogP contribution in [0.5, 0.6) is 0 Å². The van der Waals surface area contributed by atoms with Crippen LogP contribution in [-0.2, 0) is 11.3 Å². The molecule has 0 spiro atoms. The van der Waals surface area contributed by atoms with Crippen molar-refractivity contribution in [3.05, 3.63) is 64.9 Å². The third-order valence-electron chi connectivity index (χ3n) is 4.67. The number of hydrogen-bond acceptors (Lipinski definition) is 4. The second kappa shape index (κ2) is 6.92. The Bertz CT molecular complexity index is 958. The monoisotopic (exact) mass is 366 g/mol. The summed E-state index contributed by atoms with van der Waals surface area (Å²) < 4.78 is 0. The number of aromatic nitrogens is 2. The van der Waals surface area contributed by atoms with Gasteiger partial charge in [-0.3, -0.25) is 4.79 Å². The average Bonchev–Trinajstić information content (AvgIpc) is 2.64. The maximum Gasteiger partial charge on any atom is 0.242 e. The van der Waals surface area contributed by atoms with Gasteiger partial charge >= 0.3 is 0 Å². The summed E-state index contributed by atoms with van der Waals surface area (Å²) in [5, 5.41) is 1.70. The minimum Gasteiger partial charge on any atom is -0.345 e. The number of carbonyl (C=O) groups excluding carboxylic acids is 1. The number of anilines is 1. The van der Waals surface area contributed by atoms with E-state index in [9.17, 15) is 4.79 Å².